The van der Waals surface area contributed by atoms with E-state index < -0.39 is 0 Å². The second-order valence-electron chi connectivity index (χ2n) is 5.73. The van der Waals surface area contributed by atoms with Gasteiger partial charge < -0.3 is 0 Å². The van der Waals surface area contributed by atoms with Crippen molar-refractivity contribution in [1.82, 2.24) is 0 Å². The first-order valence-electron chi connectivity index (χ1n) is 7.76. The van der Waals surface area contributed by atoms with Gasteiger partial charge in [-0.15, -0.1) is 0 Å². The molecule has 0 aliphatic rings. The third-order valence-electron chi connectivity index (χ3n) is 4.14. The van der Waals surface area contributed by atoms with Crippen LogP contribution in [0.1, 0.15) is 33.7 Å². The Bertz CT molecular complexity index is 730. The van der Waals surface area contributed by atoms with E-state index in [2.05, 4.69) is 80.4 Å². The fourth-order valence-corrected chi connectivity index (χ4v) is 3.58. The van der Waals surface area contributed by atoms with Crippen molar-refractivity contribution in [3.63, 3.8) is 0 Å². The minimum absolute atomic E-state index is 0.0966. The summed E-state index contributed by atoms with van der Waals surface area (Å²) in [5, 5.41) is 1.68. The first-order chi connectivity index (χ1) is 11.7. The number of benzene rings is 3. The summed E-state index contributed by atoms with van der Waals surface area (Å²) in [5.41, 5.74) is 5.99. The summed E-state index contributed by atoms with van der Waals surface area (Å²) in [5.74, 6) is -0.110. The zero-order chi connectivity index (χ0) is 16.9. The lowest BCUT2D eigenvalue weighted by atomic mass is 9.84. The molecule has 0 aliphatic carbocycles. The maximum atomic E-state index is 13.3. The van der Waals surface area contributed by atoms with Gasteiger partial charge in [0.25, 0.3) is 0 Å². The molecule has 0 nitrogen and oxygen atoms in total. The van der Waals surface area contributed by atoms with Gasteiger partial charge in [0.2, 0.25) is 0 Å². The summed E-state index contributed by atoms with van der Waals surface area (Å²) in [6.07, 6.45) is 0. The summed E-state index contributed by atoms with van der Waals surface area (Å²) in [4.78, 5) is 0. The molecule has 0 saturated carbocycles. The van der Waals surface area contributed by atoms with Gasteiger partial charge in [-0.05, 0) is 39.9 Å². The second-order valence-corrected chi connectivity index (χ2v) is 6.86. The molecule has 0 amide bonds. The van der Waals surface area contributed by atoms with Crippen molar-refractivity contribution in [2.75, 3.05) is 0 Å². The first-order valence-corrected chi connectivity index (χ1v) is 10.0. The molecule has 0 fully saturated rings. The molecule has 0 radical (unpaired) electrons. The minimum atomic E-state index is -0.207. The second kappa shape index (κ2) is 8.09. The highest BCUT2D eigenvalue weighted by Gasteiger charge is 2.17. The van der Waals surface area contributed by atoms with Crippen molar-refractivity contribution in [3.8, 4) is 0 Å². The van der Waals surface area contributed by atoms with Gasteiger partial charge in [-0.3, -0.25) is 0 Å². The SMILES string of the molecule is Fc1ccc(C(c2ccc(CBr)cc2)c2ccc(CBr)cc2)cc1. The van der Waals surface area contributed by atoms with Crippen molar-refractivity contribution in [2.45, 2.75) is 16.6 Å². The van der Waals surface area contributed by atoms with Gasteiger partial charge in [0, 0.05) is 16.6 Å². The average molecular weight is 448 g/mol. The molecule has 0 bridgehead atoms. The smallest absolute Gasteiger partial charge is 0.123 e. The molecule has 0 heterocycles. The molecule has 3 aromatic rings. The fraction of sp³-hybridized carbons (Fsp3) is 0.143. The molecule has 0 spiro atoms. The van der Waals surface area contributed by atoms with Crippen molar-refractivity contribution < 1.29 is 4.39 Å². The van der Waals surface area contributed by atoms with E-state index >= 15 is 0 Å². The van der Waals surface area contributed by atoms with Crippen LogP contribution in [-0.2, 0) is 10.7 Å². The largest absolute Gasteiger partial charge is 0.207 e. The predicted octanol–water partition coefficient (Wildman–Crippen LogP) is 6.80. The summed E-state index contributed by atoms with van der Waals surface area (Å²) in [7, 11) is 0. The van der Waals surface area contributed by atoms with E-state index in [4.69, 9.17) is 0 Å². The van der Waals surface area contributed by atoms with E-state index in [1.54, 1.807) is 0 Å². The third kappa shape index (κ3) is 3.96. The van der Waals surface area contributed by atoms with Crippen molar-refractivity contribution in [3.05, 3.63) is 106 Å². The molecular formula is C21H17Br2F. The maximum Gasteiger partial charge on any atom is 0.123 e. The zero-order valence-electron chi connectivity index (χ0n) is 13.1. The number of rotatable bonds is 5. The van der Waals surface area contributed by atoms with Gasteiger partial charge in [0.1, 0.15) is 5.82 Å². The highest BCUT2D eigenvalue weighted by molar-refractivity contribution is 9.08. The number of hydrogen-bond acceptors (Lipinski definition) is 0. The Morgan fingerprint density at radius 2 is 0.917 bits per heavy atom. The Kier molecular flexibility index (Phi) is 5.85. The summed E-state index contributed by atoms with van der Waals surface area (Å²) in [6.45, 7) is 0. The third-order valence-corrected chi connectivity index (χ3v) is 5.43. The summed E-state index contributed by atoms with van der Waals surface area (Å²) >= 11 is 6.97. The van der Waals surface area contributed by atoms with Crippen LogP contribution in [0, 0.1) is 5.82 Å². The lowest BCUT2D eigenvalue weighted by molar-refractivity contribution is 0.627. The monoisotopic (exact) mass is 446 g/mol. The molecule has 0 saturated heterocycles. The fourth-order valence-electron chi connectivity index (χ4n) is 2.83. The maximum absolute atomic E-state index is 13.3. The average Bonchev–Trinajstić information content (AvgIpc) is 2.64. The molecule has 0 unspecified atom stereocenters. The Morgan fingerprint density at radius 1 is 0.583 bits per heavy atom. The lowest BCUT2D eigenvalue weighted by Gasteiger charge is -2.19. The van der Waals surface area contributed by atoms with Crippen LogP contribution in [0.15, 0.2) is 72.8 Å². The Hall–Kier alpha value is -1.45. The number of hydrogen-bond donors (Lipinski definition) is 0. The van der Waals surface area contributed by atoms with E-state index in [1.807, 2.05) is 12.1 Å². The molecule has 0 aromatic heterocycles. The van der Waals surface area contributed by atoms with Gasteiger partial charge in [-0.25, -0.2) is 4.39 Å². The standard InChI is InChI=1S/C21H17Br2F/c22-13-15-1-5-17(6-2-15)21(19-9-11-20(24)12-10-19)18-7-3-16(14-23)4-8-18/h1-12,21H,13-14H2. The highest BCUT2D eigenvalue weighted by Crippen LogP contribution is 2.32. The van der Waals surface area contributed by atoms with Gasteiger partial charge in [0.05, 0.1) is 0 Å². The lowest BCUT2D eigenvalue weighted by Crippen LogP contribution is -2.04. The van der Waals surface area contributed by atoms with Crippen LogP contribution in [0.2, 0.25) is 0 Å². The Balaban J connectivity index is 2.06. The molecule has 24 heavy (non-hydrogen) atoms. The summed E-state index contributed by atoms with van der Waals surface area (Å²) in [6, 6.07) is 24.0. The Morgan fingerprint density at radius 3 is 1.25 bits per heavy atom. The van der Waals surface area contributed by atoms with E-state index in [0.717, 1.165) is 16.2 Å². The molecular weight excluding hydrogens is 431 g/mol. The van der Waals surface area contributed by atoms with E-state index in [0.29, 0.717) is 0 Å². The van der Waals surface area contributed by atoms with Crippen molar-refractivity contribution in [1.29, 1.82) is 0 Å². The van der Waals surface area contributed by atoms with Crippen LogP contribution in [0.25, 0.3) is 0 Å². The molecule has 0 atom stereocenters. The predicted molar refractivity (Wildman–Crippen MR) is 105 cm³/mol. The van der Waals surface area contributed by atoms with Crippen LogP contribution in [0.5, 0.6) is 0 Å². The van der Waals surface area contributed by atoms with Crippen molar-refractivity contribution >= 4 is 31.9 Å². The van der Waals surface area contributed by atoms with Crippen LogP contribution in [-0.4, -0.2) is 0 Å². The normalized spacial score (nSPS) is 11.0. The molecule has 122 valence electrons. The van der Waals surface area contributed by atoms with E-state index in [9.17, 15) is 4.39 Å². The van der Waals surface area contributed by atoms with E-state index in [-0.39, 0.29) is 11.7 Å². The molecule has 3 rings (SSSR count). The minimum Gasteiger partial charge on any atom is -0.207 e. The van der Waals surface area contributed by atoms with Crippen LogP contribution < -0.4 is 0 Å². The molecule has 0 aliphatic heterocycles. The molecule has 3 heteroatoms. The Labute approximate surface area is 159 Å². The van der Waals surface area contributed by atoms with Crippen LogP contribution >= 0.6 is 31.9 Å². The quantitative estimate of drug-likeness (QED) is 0.298. The van der Waals surface area contributed by atoms with Gasteiger partial charge in [0.15, 0.2) is 0 Å². The van der Waals surface area contributed by atoms with Gasteiger partial charge in [-0.2, -0.15) is 0 Å². The topological polar surface area (TPSA) is 0 Å². The summed E-state index contributed by atoms with van der Waals surface area (Å²) < 4.78 is 13.3. The molecule has 0 N–H and O–H groups in total. The molecule has 3 aromatic carbocycles. The zero-order valence-corrected chi connectivity index (χ0v) is 16.2. The number of alkyl halides is 2. The van der Waals surface area contributed by atoms with Gasteiger partial charge >= 0.3 is 0 Å². The van der Waals surface area contributed by atoms with Crippen LogP contribution in [0.3, 0.4) is 0 Å². The number of halogens is 3. The van der Waals surface area contributed by atoms with E-state index in [1.165, 1.54) is 34.4 Å². The van der Waals surface area contributed by atoms with Crippen LogP contribution in [0.4, 0.5) is 4.39 Å². The van der Waals surface area contributed by atoms with Crippen molar-refractivity contribution in [2.24, 2.45) is 0 Å². The first kappa shape index (κ1) is 17.4. The highest BCUT2D eigenvalue weighted by atomic mass is 79.9. The van der Waals surface area contributed by atoms with Gasteiger partial charge in [-0.1, -0.05) is 92.5 Å².